The minimum Gasteiger partial charge on any atom is -0.480 e. The van der Waals surface area contributed by atoms with Gasteiger partial charge in [-0.05, 0) is 36.7 Å². The van der Waals surface area contributed by atoms with Crippen LogP contribution < -0.4 is 5.32 Å². The van der Waals surface area contributed by atoms with Gasteiger partial charge in [0, 0.05) is 19.1 Å². The Balaban J connectivity index is 1.51. The largest absolute Gasteiger partial charge is 0.480 e. The maximum absolute atomic E-state index is 12.0. The van der Waals surface area contributed by atoms with Gasteiger partial charge >= 0.3 is 12.1 Å². The van der Waals surface area contributed by atoms with E-state index in [4.69, 9.17) is 9.47 Å². The number of carbonyl (C=O) groups is 2. The molecular weight excluding hydrogens is 310 g/mol. The number of methoxy groups -OCH3 is 1. The molecule has 0 saturated heterocycles. The Bertz CT molecular complexity index is 595. The molecule has 1 atom stereocenters. The highest BCUT2D eigenvalue weighted by atomic mass is 16.5. The van der Waals surface area contributed by atoms with Gasteiger partial charge in [0.2, 0.25) is 0 Å². The Labute approximate surface area is 141 Å². The third-order valence-corrected chi connectivity index (χ3v) is 5.35. The summed E-state index contributed by atoms with van der Waals surface area (Å²) in [6, 6.07) is 8.41. The first-order chi connectivity index (χ1) is 11.5. The molecule has 1 aromatic rings. The number of aliphatic carboxylic acids is 1. The van der Waals surface area contributed by atoms with Crippen molar-refractivity contribution >= 4 is 12.1 Å². The molecule has 4 rings (SSSR count). The average Bonchev–Trinajstić information content (AvgIpc) is 2.50. The number of nitrogens with one attached hydrogen (secondary N) is 1. The molecule has 0 spiro atoms. The highest BCUT2D eigenvalue weighted by molar-refractivity contribution is 5.81. The first kappa shape index (κ1) is 16.8. The monoisotopic (exact) mass is 333 g/mol. The number of carboxylic acids is 1. The second-order valence-electron chi connectivity index (χ2n) is 7.11. The highest BCUT2D eigenvalue weighted by Gasteiger charge is 2.71. The molecule has 130 valence electrons. The summed E-state index contributed by atoms with van der Waals surface area (Å²) in [5.74, 6) is -0.994. The van der Waals surface area contributed by atoms with Crippen LogP contribution in [0.3, 0.4) is 0 Å². The number of carboxylic acid groups (broad SMARTS) is 1. The fourth-order valence-electron chi connectivity index (χ4n) is 4.33. The number of rotatable bonds is 8. The Kier molecular flexibility index (Phi) is 4.49. The van der Waals surface area contributed by atoms with Crippen LogP contribution in [-0.4, -0.2) is 36.9 Å². The molecule has 0 aliphatic heterocycles. The second kappa shape index (κ2) is 6.43. The van der Waals surface area contributed by atoms with Crippen LogP contribution in [0.5, 0.6) is 0 Å². The zero-order valence-corrected chi connectivity index (χ0v) is 13.8. The van der Waals surface area contributed by atoms with Crippen LogP contribution in [0.4, 0.5) is 4.79 Å². The van der Waals surface area contributed by atoms with Crippen molar-refractivity contribution in [1.82, 2.24) is 5.32 Å². The molecule has 6 nitrogen and oxygen atoms in total. The van der Waals surface area contributed by atoms with Gasteiger partial charge in [0.15, 0.2) is 0 Å². The van der Waals surface area contributed by atoms with Crippen LogP contribution in [0.2, 0.25) is 0 Å². The summed E-state index contributed by atoms with van der Waals surface area (Å²) in [4.78, 5) is 23.6. The molecule has 1 amide bonds. The van der Waals surface area contributed by atoms with Gasteiger partial charge < -0.3 is 19.9 Å². The molecule has 3 aliphatic rings. The first-order valence-corrected chi connectivity index (χ1v) is 8.18. The van der Waals surface area contributed by atoms with E-state index >= 15 is 0 Å². The maximum Gasteiger partial charge on any atom is 0.408 e. The molecule has 3 fully saturated rings. The van der Waals surface area contributed by atoms with Crippen LogP contribution in [0.15, 0.2) is 30.3 Å². The summed E-state index contributed by atoms with van der Waals surface area (Å²) in [5, 5.41) is 12.0. The van der Waals surface area contributed by atoms with Gasteiger partial charge in [0.25, 0.3) is 0 Å². The zero-order valence-electron chi connectivity index (χ0n) is 13.8. The van der Waals surface area contributed by atoms with Crippen LogP contribution in [-0.2, 0) is 20.9 Å². The van der Waals surface area contributed by atoms with Crippen LogP contribution in [0, 0.1) is 10.8 Å². The van der Waals surface area contributed by atoms with Gasteiger partial charge in [-0.25, -0.2) is 9.59 Å². The topological polar surface area (TPSA) is 84.9 Å². The normalized spacial score (nSPS) is 28.2. The van der Waals surface area contributed by atoms with Gasteiger partial charge in [0.05, 0.1) is 0 Å². The second-order valence-corrected chi connectivity index (χ2v) is 7.11. The number of benzene rings is 1. The van der Waals surface area contributed by atoms with Crippen molar-refractivity contribution in [2.24, 2.45) is 10.8 Å². The van der Waals surface area contributed by atoms with Crippen molar-refractivity contribution in [1.29, 1.82) is 0 Å². The third-order valence-electron chi connectivity index (χ3n) is 5.35. The summed E-state index contributed by atoms with van der Waals surface area (Å²) in [7, 11) is 1.67. The van der Waals surface area contributed by atoms with Crippen LogP contribution in [0.1, 0.15) is 31.2 Å². The molecule has 3 saturated carbocycles. The van der Waals surface area contributed by atoms with Crippen molar-refractivity contribution in [3.8, 4) is 0 Å². The molecule has 2 bridgehead atoms. The van der Waals surface area contributed by atoms with E-state index in [0.717, 1.165) is 31.2 Å². The highest BCUT2D eigenvalue weighted by Crippen LogP contribution is 2.76. The number of carbonyl (C=O) groups excluding carboxylic acids is 1. The van der Waals surface area contributed by atoms with Crippen molar-refractivity contribution in [2.45, 2.75) is 38.3 Å². The molecule has 2 N–H and O–H groups in total. The van der Waals surface area contributed by atoms with E-state index in [1.165, 1.54) is 0 Å². The van der Waals surface area contributed by atoms with Gasteiger partial charge in [0.1, 0.15) is 12.6 Å². The minimum absolute atomic E-state index is 0.129. The molecule has 0 aromatic heterocycles. The van der Waals surface area contributed by atoms with Crippen molar-refractivity contribution in [2.75, 3.05) is 13.7 Å². The Morgan fingerprint density at radius 2 is 1.92 bits per heavy atom. The molecular formula is C18H23NO5. The van der Waals surface area contributed by atoms with E-state index < -0.39 is 18.1 Å². The zero-order chi connectivity index (χ0) is 17.2. The van der Waals surface area contributed by atoms with Crippen molar-refractivity contribution in [3.63, 3.8) is 0 Å². The molecule has 0 radical (unpaired) electrons. The maximum atomic E-state index is 12.0. The summed E-state index contributed by atoms with van der Waals surface area (Å²) < 4.78 is 10.3. The van der Waals surface area contributed by atoms with E-state index in [-0.39, 0.29) is 17.4 Å². The van der Waals surface area contributed by atoms with Gasteiger partial charge in [-0.1, -0.05) is 30.3 Å². The number of ether oxygens (including phenoxy) is 2. The Morgan fingerprint density at radius 3 is 2.50 bits per heavy atom. The molecule has 24 heavy (non-hydrogen) atoms. The summed E-state index contributed by atoms with van der Waals surface area (Å²) in [6.07, 6.45) is 2.77. The smallest absolute Gasteiger partial charge is 0.408 e. The average molecular weight is 333 g/mol. The number of hydrogen-bond donors (Lipinski definition) is 2. The molecule has 0 heterocycles. The first-order valence-electron chi connectivity index (χ1n) is 8.18. The number of hydrogen-bond acceptors (Lipinski definition) is 4. The van der Waals surface area contributed by atoms with Crippen molar-refractivity contribution in [3.05, 3.63) is 35.9 Å². The van der Waals surface area contributed by atoms with Crippen LogP contribution >= 0.6 is 0 Å². The fraction of sp³-hybridized carbons (Fsp3) is 0.556. The third kappa shape index (κ3) is 3.11. The Morgan fingerprint density at radius 1 is 1.25 bits per heavy atom. The number of alkyl carbamates (subject to hydrolysis) is 1. The minimum atomic E-state index is -0.994. The van der Waals surface area contributed by atoms with E-state index in [9.17, 15) is 14.7 Å². The lowest BCUT2D eigenvalue weighted by Gasteiger charge is -2.72. The van der Waals surface area contributed by atoms with Gasteiger partial charge in [-0.2, -0.15) is 0 Å². The van der Waals surface area contributed by atoms with Crippen LogP contribution in [0.25, 0.3) is 0 Å². The summed E-state index contributed by atoms with van der Waals surface area (Å²) in [6.45, 7) is 0.824. The molecule has 6 heteroatoms. The van der Waals surface area contributed by atoms with Gasteiger partial charge in [-0.3, -0.25) is 0 Å². The van der Waals surface area contributed by atoms with E-state index in [1.54, 1.807) is 7.11 Å². The predicted octanol–water partition coefficient (Wildman–Crippen LogP) is 2.57. The molecule has 3 aliphatic carbocycles. The lowest BCUT2D eigenvalue weighted by atomic mass is 9.32. The number of amides is 1. The lowest BCUT2D eigenvalue weighted by Crippen LogP contribution is -2.71. The standard InChI is InChI=1S/C18H23NO5/c1-23-8-7-17-10-18(11-17,12-17)14(15(20)21)19-16(22)24-9-13-5-3-2-4-6-13/h2-6,14H,7-12H2,1H3,(H,19,22)(H,20,21). The quantitative estimate of drug-likeness (QED) is 0.764. The van der Waals surface area contributed by atoms with E-state index in [0.29, 0.717) is 6.61 Å². The molecule has 1 unspecified atom stereocenters. The lowest BCUT2D eigenvalue weighted by molar-refractivity contribution is -0.231. The van der Waals surface area contributed by atoms with Gasteiger partial charge in [-0.15, -0.1) is 0 Å². The fourth-order valence-corrected chi connectivity index (χ4v) is 4.33. The van der Waals surface area contributed by atoms with E-state index in [2.05, 4.69) is 5.32 Å². The summed E-state index contributed by atoms with van der Waals surface area (Å²) >= 11 is 0. The SMILES string of the molecule is COCCC12CC(C(NC(=O)OCc3ccccc3)C(=O)O)(C1)C2. The summed E-state index contributed by atoms with van der Waals surface area (Å²) in [5.41, 5.74) is 0.772. The Hall–Kier alpha value is -2.08. The van der Waals surface area contributed by atoms with E-state index in [1.807, 2.05) is 30.3 Å². The predicted molar refractivity (Wildman–Crippen MR) is 86.4 cm³/mol. The van der Waals surface area contributed by atoms with Crippen molar-refractivity contribution < 1.29 is 24.2 Å². The molecule has 1 aromatic carbocycles.